The van der Waals surface area contributed by atoms with Crippen molar-refractivity contribution in [1.82, 2.24) is 5.32 Å². The molecule has 0 spiro atoms. The minimum absolute atomic E-state index is 0.124. The molecular weight excluding hydrogens is 324 g/mol. The van der Waals surface area contributed by atoms with Gasteiger partial charge in [-0.05, 0) is 37.1 Å². The Morgan fingerprint density at radius 1 is 1.16 bits per heavy atom. The molecule has 0 aliphatic heterocycles. The number of hydrogen-bond donors (Lipinski definition) is 2. The van der Waals surface area contributed by atoms with Gasteiger partial charge in [-0.25, -0.2) is 0 Å². The molecule has 0 aromatic heterocycles. The van der Waals surface area contributed by atoms with Gasteiger partial charge in [0, 0.05) is 12.1 Å². The highest BCUT2D eigenvalue weighted by Crippen LogP contribution is 2.34. The standard InChI is InChI=1S/C18H22N2O5/c1-12-5-4-6-14(18(12)21)11-19-8-7-13-9-17(25-3)15(20(22)23)10-16(13)24-2/h4-6,9-10,19,21H,7-8,11H2,1-3H3. The molecule has 2 aromatic rings. The summed E-state index contributed by atoms with van der Waals surface area (Å²) in [5.74, 6) is 0.953. The topological polar surface area (TPSA) is 93.9 Å². The Kier molecular flexibility index (Phi) is 6.19. The van der Waals surface area contributed by atoms with E-state index in [2.05, 4.69) is 5.32 Å². The van der Waals surface area contributed by atoms with E-state index >= 15 is 0 Å². The summed E-state index contributed by atoms with van der Waals surface area (Å²) in [4.78, 5) is 10.6. The predicted molar refractivity (Wildman–Crippen MR) is 94.5 cm³/mol. The summed E-state index contributed by atoms with van der Waals surface area (Å²) in [5.41, 5.74) is 2.35. The number of para-hydroxylation sites is 1. The van der Waals surface area contributed by atoms with Crippen LogP contribution in [0.25, 0.3) is 0 Å². The van der Waals surface area contributed by atoms with Crippen LogP contribution in [-0.2, 0) is 13.0 Å². The minimum atomic E-state index is -0.496. The summed E-state index contributed by atoms with van der Waals surface area (Å²) in [7, 11) is 2.88. The van der Waals surface area contributed by atoms with Crippen molar-refractivity contribution >= 4 is 5.69 Å². The largest absolute Gasteiger partial charge is 0.507 e. The molecule has 2 rings (SSSR count). The van der Waals surface area contributed by atoms with Crippen molar-refractivity contribution in [1.29, 1.82) is 0 Å². The molecule has 0 atom stereocenters. The van der Waals surface area contributed by atoms with E-state index in [0.29, 0.717) is 31.0 Å². The van der Waals surface area contributed by atoms with Gasteiger partial charge >= 0.3 is 5.69 Å². The van der Waals surface area contributed by atoms with Gasteiger partial charge in [-0.3, -0.25) is 10.1 Å². The fourth-order valence-corrected chi connectivity index (χ4v) is 2.59. The number of hydrogen-bond acceptors (Lipinski definition) is 6. The van der Waals surface area contributed by atoms with E-state index in [4.69, 9.17) is 9.47 Å². The maximum Gasteiger partial charge on any atom is 0.314 e. The maximum absolute atomic E-state index is 11.1. The predicted octanol–water partition coefficient (Wildman–Crippen LogP) is 2.96. The minimum Gasteiger partial charge on any atom is -0.507 e. The quantitative estimate of drug-likeness (QED) is 0.434. The van der Waals surface area contributed by atoms with Crippen molar-refractivity contribution < 1.29 is 19.5 Å². The van der Waals surface area contributed by atoms with Crippen LogP contribution >= 0.6 is 0 Å². The summed E-state index contributed by atoms with van der Waals surface area (Å²) >= 11 is 0. The zero-order valence-electron chi connectivity index (χ0n) is 14.5. The Morgan fingerprint density at radius 3 is 2.52 bits per heavy atom. The second-order valence-corrected chi connectivity index (χ2v) is 5.60. The Balaban J connectivity index is 2.05. The van der Waals surface area contributed by atoms with E-state index in [1.807, 2.05) is 25.1 Å². The first-order valence-electron chi connectivity index (χ1n) is 7.85. The van der Waals surface area contributed by atoms with Crippen LogP contribution in [0.4, 0.5) is 5.69 Å². The lowest BCUT2D eigenvalue weighted by Gasteiger charge is -2.12. The van der Waals surface area contributed by atoms with Gasteiger partial charge in [-0.15, -0.1) is 0 Å². The van der Waals surface area contributed by atoms with Crippen LogP contribution in [0.1, 0.15) is 16.7 Å². The number of rotatable bonds is 8. The molecule has 0 aliphatic rings. The van der Waals surface area contributed by atoms with Crippen LogP contribution in [0.5, 0.6) is 17.2 Å². The number of phenols is 1. The molecule has 0 amide bonds. The highest BCUT2D eigenvalue weighted by atomic mass is 16.6. The normalized spacial score (nSPS) is 10.5. The highest BCUT2D eigenvalue weighted by molar-refractivity contribution is 5.55. The molecule has 0 heterocycles. The first kappa shape index (κ1) is 18.5. The Labute approximate surface area is 146 Å². The lowest BCUT2D eigenvalue weighted by atomic mass is 10.1. The number of nitrogens with zero attached hydrogens (tertiary/aromatic N) is 1. The van der Waals surface area contributed by atoms with Crippen molar-refractivity contribution in [2.45, 2.75) is 19.9 Å². The van der Waals surface area contributed by atoms with Gasteiger partial charge in [-0.2, -0.15) is 0 Å². The molecule has 2 aromatic carbocycles. The average molecular weight is 346 g/mol. The molecular formula is C18H22N2O5. The Bertz CT molecular complexity index is 761. The molecule has 25 heavy (non-hydrogen) atoms. The second kappa shape index (κ2) is 8.34. The van der Waals surface area contributed by atoms with Crippen molar-refractivity contribution in [2.75, 3.05) is 20.8 Å². The molecule has 134 valence electrons. The molecule has 7 nitrogen and oxygen atoms in total. The van der Waals surface area contributed by atoms with E-state index in [0.717, 1.165) is 16.7 Å². The van der Waals surface area contributed by atoms with Gasteiger partial charge < -0.3 is 19.9 Å². The van der Waals surface area contributed by atoms with Crippen LogP contribution in [0, 0.1) is 17.0 Å². The number of aromatic hydroxyl groups is 1. The zero-order chi connectivity index (χ0) is 18.4. The van der Waals surface area contributed by atoms with Crippen LogP contribution < -0.4 is 14.8 Å². The number of methoxy groups -OCH3 is 2. The van der Waals surface area contributed by atoms with Crippen LogP contribution in [0.2, 0.25) is 0 Å². The molecule has 0 radical (unpaired) electrons. The summed E-state index contributed by atoms with van der Waals surface area (Å²) in [6, 6.07) is 8.62. The number of phenolic OH excluding ortho intramolecular Hbond substituents is 1. The van der Waals surface area contributed by atoms with Gasteiger partial charge in [0.15, 0.2) is 5.75 Å². The lowest BCUT2D eigenvalue weighted by molar-refractivity contribution is -0.385. The van der Waals surface area contributed by atoms with Crippen LogP contribution in [-0.4, -0.2) is 30.8 Å². The third-order valence-electron chi connectivity index (χ3n) is 3.99. The highest BCUT2D eigenvalue weighted by Gasteiger charge is 2.19. The smallest absolute Gasteiger partial charge is 0.314 e. The van der Waals surface area contributed by atoms with Gasteiger partial charge in [0.25, 0.3) is 0 Å². The second-order valence-electron chi connectivity index (χ2n) is 5.60. The van der Waals surface area contributed by atoms with Crippen LogP contribution in [0.3, 0.4) is 0 Å². The van der Waals surface area contributed by atoms with Gasteiger partial charge in [0.2, 0.25) is 0 Å². The van der Waals surface area contributed by atoms with Gasteiger partial charge in [0.05, 0.1) is 25.2 Å². The van der Waals surface area contributed by atoms with E-state index in [1.165, 1.54) is 20.3 Å². The number of ether oxygens (including phenoxy) is 2. The number of aryl methyl sites for hydroxylation is 1. The van der Waals surface area contributed by atoms with Crippen molar-refractivity contribution in [3.63, 3.8) is 0 Å². The van der Waals surface area contributed by atoms with Crippen LogP contribution in [0.15, 0.2) is 30.3 Å². The zero-order valence-corrected chi connectivity index (χ0v) is 14.5. The molecule has 2 N–H and O–H groups in total. The van der Waals surface area contributed by atoms with Crippen molar-refractivity contribution in [3.8, 4) is 17.2 Å². The third kappa shape index (κ3) is 4.39. The van der Waals surface area contributed by atoms with Crippen molar-refractivity contribution in [3.05, 3.63) is 57.1 Å². The molecule has 0 bridgehead atoms. The van der Waals surface area contributed by atoms with E-state index in [9.17, 15) is 15.2 Å². The summed E-state index contributed by atoms with van der Waals surface area (Å²) in [5, 5.41) is 24.3. The van der Waals surface area contributed by atoms with E-state index in [-0.39, 0.29) is 11.4 Å². The van der Waals surface area contributed by atoms with Gasteiger partial charge in [0.1, 0.15) is 11.5 Å². The molecule has 0 aliphatic carbocycles. The average Bonchev–Trinajstić information content (AvgIpc) is 2.61. The number of nitro benzene ring substituents is 1. The monoisotopic (exact) mass is 346 g/mol. The molecule has 0 saturated carbocycles. The van der Waals surface area contributed by atoms with E-state index in [1.54, 1.807) is 6.07 Å². The summed E-state index contributed by atoms with van der Waals surface area (Å²) < 4.78 is 10.4. The molecule has 7 heteroatoms. The number of benzene rings is 2. The fraction of sp³-hybridized carbons (Fsp3) is 0.333. The number of nitro groups is 1. The van der Waals surface area contributed by atoms with E-state index < -0.39 is 4.92 Å². The maximum atomic E-state index is 11.1. The third-order valence-corrected chi connectivity index (χ3v) is 3.99. The summed E-state index contributed by atoms with van der Waals surface area (Å²) in [6.45, 7) is 3.00. The molecule has 0 fully saturated rings. The number of nitrogens with one attached hydrogen (secondary N) is 1. The Morgan fingerprint density at radius 2 is 1.88 bits per heavy atom. The first-order chi connectivity index (χ1) is 12.0. The fourth-order valence-electron chi connectivity index (χ4n) is 2.59. The Hall–Kier alpha value is -2.80. The first-order valence-corrected chi connectivity index (χ1v) is 7.85. The molecule has 0 unspecified atom stereocenters. The lowest BCUT2D eigenvalue weighted by Crippen LogP contribution is -2.17. The summed E-state index contributed by atoms with van der Waals surface area (Å²) in [6.07, 6.45) is 0.601. The van der Waals surface area contributed by atoms with Crippen molar-refractivity contribution in [2.24, 2.45) is 0 Å². The SMILES string of the molecule is COc1cc([N+](=O)[O-])c(OC)cc1CCNCc1cccc(C)c1O. The van der Waals surface area contributed by atoms with Gasteiger partial charge in [-0.1, -0.05) is 18.2 Å². The molecule has 0 saturated heterocycles.